The number of nitrogens with two attached hydrogens (primary N) is 1. The fourth-order valence-electron chi connectivity index (χ4n) is 1.63. The number of nitrogen functional groups attached to an aromatic ring is 1. The van der Waals surface area contributed by atoms with Gasteiger partial charge in [0, 0.05) is 11.6 Å². The molecule has 0 unspecified atom stereocenters. The van der Waals surface area contributed by atoms with Crippen molar-refractivity contribution in [2.75, 3.05) is 12.8 Å². The maximum Gasteiger partial charge on any atom is 0.169 e. The van der Waals surface area contributed by atoms with Crippen molar-refractivity contribution in [3.05, 3.63) is 29.8 Å². The Morgan fingerprint density at radius 2 is 2.19 bits per heavy atom. The average Bonchev–Trinajstić information content (AvgIpc) is 2.75. The number of aromatic nitrogens is 1. The van der Waals surface area contributed by atoms with Gasteiger partial charge in [0.15, 0.2) is 11.6 Å². The van der Waals surface area contributed by atoms with Crippen molar-refractivity contribution in [3.8, 4) is 17.1 Å². The molecule has 16 heavy (non-hydrogen) atoms. The van der Waals surface area contributed by atoms with Gasteiger partial charge in [-0.3, -0.25) is 0 Å². The highest BCUT2D eigenvalue weighted by Crippen LogP contribution is 2.27. The number of aryl methyl sites for hydroxylation is 1. The highest BCUT2D eigenvalue weighted by molar-refractivity contribution is 5.62. The van der Waals surface area contributed by atoms with E-state index < -0.39 is 0 Å². The van der Waals surface area contributed by atoms with Gasteiger partial charge in [-0.15, -0.1) is 0 Å². The standard InChI is InChI=1S/C12H14N2O2/c1-3-8-6-9(4-5-10(8)15-2)11-7-12(13)14-16-11/h4-7H,3H2,1-2H3,(H2,13,14). The number of rotatable bonds is 3. The first-order valence-electron chi connectivity index (χ1n) is 5.14. The molecule has 2 rings (SSSR count). The average molecular weight is 218 g/mol. The lowest BCUT2D eigenvalue weighted by Crippen LogP contribution is -1.90. The predicted octanol–water partition coefficient (Wildman–Crippen LogP) is 2.49. The van der Waals surface area contributed by atoms with Crippen LogP contribution in [-0.4, -0.2) is 12.3 Å². The third kappa shape index (κ3) is 1.86. The summed E-state index contributed by atoms with van der Waals surface area (Å²) < 4.78 is 10.4. The number of benzene rings is 1. The van der Waals surface area contributed by atoms with Crippen molar-refractivity contribution >= 4 is 5.82 Å². The third-order valence-electron chi connectivity index (χ3n) is 2.47. The number of ether oxygens (including phenoxy) is 1. The van der Waals surface area contributed by atoms with E-state index >= 15 is 0 Å². The maximum atomic E-state index is 5.51. The van der Waals surface area contributed by atoms with Gasteiger partial charge < -0.3 is 15.0 Å². The molecule has 0 radical (unpaired) electrons. The summed E-state index contributed by atoms with van der Waals surface area (Å²) in [6.45, 7) is 2.08. The summed E-state index contributed by atoms with van der Waals surface area (Å²) in [6.07, 6.45) is 0.903. The van der Waals surface area contributed by atoms with Gasteiger partial charge in [-0.25, -0.2) is 0 Å². The van der Waals surface area contributed by atoms with Crippen molar-refractivity contribution < 1.29 is 9.26 Å². The molecule has 0 amide bonds. The molecule has 4 nitrogen and oxygen atoms in total. The van der Waals surface area contributed by atoms with Crippen LogP contribution in [0.4, 0.5) is 5.82 Å². The van der Waals surface area contributed by atoms with Crippen molar-refractivity contribution in [1.82, 2.24) is 5.16 Å². The second-order valence-electron chi connectivity index (χ2n) is 3.50. The minimum Gasteiger partial charge on any atom is -0.496 e. The van der Waals surface area contributed by atoms with E-state index in [1.54, 1.807) is 13.2 Å². The topological polar surface area (TPSA) is 61.3 Å². The van der Waals surface area contributed by atoms with Gasteiger partial charge in [-0.2, -0.15) is 0 Å². The van der Waals surface area contributed by atoms with E-state index in [-0.39, 0.29) is 0 Å². The van der Waals surface area contributed by atoms with Gasteiger partial charge in [0.25, 0.3) is 0 Å². The molecule has 84 valence electrons. The fourth-order valence-corrected chi connectivity index (χ4v) is 1.63. The van der Waals surface area contributed by atoms with Gasteiger partial charge in [0.05, 0.1) is 7.11 Å². The van der Waals surface area contributed by atoms with Crippen LogP contribution in [0.3, 0.4) is 0 Å². The van der Waals surface area contributed by atoms with Crippen LogP contribution in [0.25, 0.3) is 11.3 Å². The number of nitrogens with zero attached hydrogens (tertiary/aromatic N) is 1. The zero-order valence-corrected chi connectivity index (χ0v) is 9.36. The molecule has 1 aromatic heterocycles. The van der Waals surface area contributed by atoms with E-state index in [0.29, 0.717) is 11.6 Å². The zero-order chi connectivity index (χ0) is 11.5. The fraction of sp³-hybridized carbons (Fsp3) is 0.250. The molecule has 0 bridgehead atoms. The molecule has 1 aromatic carbocycles. The van der Waals surface area contributed by atoms with Gasteiger partial charge in [-0.1, -0.05) is 12.1 Å². The Balaban J connectivity index is 2.43. The number of hydrogen-bond donors (Lipinski definition) is 1. The first-order valence-corrected chi connectivity index (χ1v) is 5.14. The minimum atomic E-state index is 0.392. The molecule has 4 heteroatoms. The van der Waals surface area contributed by atoms with Crippen LogP contribution in [0, 0.1) is 0 Å². The summed E-state index contributed by atoms with van der Waals surface area (Å²) >= 11 is 0. The zero-order valence-electron chi connectivity index (χ0n) is 9.36. The molecule has 0 spiro atoms. The molecule has 0 aliphatic carbocycles. The van der Waals surface area contributed by atoms with E-state index in [1.165, 1.54) is 0 Å². The molecule has 0 fully saturated rings. The predicted molar refractivity (Wildman–Crippen MR) is 62.3 cm³/mol. The Kier molecular flexibility index (Phi) is 2.81. The number of methoxy groups -OCH3 is 1. The van der Waals surface area contributed by atoms with E-state index in [2.05, 4.69) is 12.1 Å². The second kappa shape index (κ2) is 4.26. The molecule has 2 aromatic rings. The van der Waals surface area contributed by atoms with Gasteiger partial charge in [0.2, 0.25) is 0 Å². The largest absolute Gasteiger partial charge is 0.496 e. The molecule has 0 atom stereocenters. The molecular formula is C12H14N2O2. The van der Waals surface area contributed by atoms with Crippen molar-refractivity contribution in [3.63, 3.8) is 0 Å². The Morgan fingerprint density at radius 3 is 2.75 bits per heavy atom. The highest BCUT2D eigenvalue weighted by atomic mass is 16.5. The van der Waals surface area contributed by atoms with E-state index in [9.17, 15) is 0 Å². The van der Waals surface area contributed by atoms with Crippen LogP contribution in [0.5, 0.6) is 5.75 Å². The summed E-state index contributed by atoms with van der Waals surface area (Å²) in [5, 5.41) is 3.66. The van der Waals surface area contributed by atoms with Crippen LogP contribution in [0.15, 0.2) is 28.8 Å². The quantitative estimate of drug-likeness (QED) is 0.859. The van der Waals surface area contributed by atoms with E-state index in [0.717, 1.165) is 23.3 Å². The van der Waals surface area contributed by atoms with E-state index in [1.807, 2.05) is 18.2 Å². The van der Waals surface area contributed by atoms with Crippen molar-refractivity contribution in [1.29, 1.82) is 0 Å². The van der Waals surface area contributed by atoms with Crippen molar-refractivity contribution in [2.24, 2.45) is 0 Å². The second-order valence-corrected chi connectivity index (χ2v) is 3.50. The molecule has 0 aliphatic rings. The van der Waals surface area contributed by atoms with Gasteiger partial charge >= 0.3 is 0 Å². The van der Waals surface area contributed by atoms with E-state index in [4.69, 9.17) is 15.0 Å². The van der Waals surface area contributed by atoms with Crippen LogP contribution in [-0.2, 0) is 6.42 Å². The Morgan fingerprint density at radius 1 is 1.38 bits per heavy atom. The molecule has 0 saturated carbocycles. The molecule has 2 N–H and O–H groups in total. The summed E-state index contributed by atoms with van der Waals surface area (Å²) in [5.74, 6) is 1.96. The molecular weight excluding hydrogens is 204 g/mol. The highest BCUT2D eigenvalue weighted by Gasteiger charge is 2.08. The Labute approximate surface area is 94.0 Å². The summed E-state index contributed by atoms with van der Waals surface area (Å²) in [7, 11) is 1.67. The molecule has 1 heterocycles. The minimum absolute atomic E-state index is 0.392. The van der Waals surface area contributed by atoms with Crippen LogP contribution in [0.2, 0.25) is 0 Å². The number of hydrogen-bond acceptors (Lipinski definition) is 4. The normalized spacial score (nSPS) is 10.4. The molecule has 0 aliphatic heterocycles. The monoisotopic (exact) mass is 218 g/mol. The first-order chi connectivity index (χ1) is 7.74. The van der Waals surface area contributed by atoms with Gasteiger partial charge in [0.1, 0.15) is 5.75 Å². The van der Waals surface area contributed by atoms with Crippen LogP contribution >= 0.6 is 0 Å². The van der Waals surface area contributed by atoms with Gasteiger partial charge in [-0.05, 0) is 30.2 Å². The lowest BCUT2D eigenvalue weighted by atomic mass is 10.1. The Bertz CT molecular complexity index is 492. The SMILES string of the molecule is CCc1cc(-c2cc(N)no2)ccc1OC. The van der Waals surface area contributed by atoms with Crippen LogP contribution in [0.1, 0.15) is 12.5 Å². The smallest absolute Gasteiger partial charge is 0.169 e. The lowest BCUT2D eigenvalue weighted by Gasteiger charge is -2.07. The summed E-state index contributed by atoms with van der Waals surface area (Å²) in [6, 6.07) is 7.59. The Hall–Kier alpha value is -1.97. The lowest BCUT2D eigenvalue weighted by molar-refractivity contribution is 0.410. The number of anilines is 1. The first kappa shape index (κ1) is 10.5. The third-order valence-corrected chi connectivity index (χ3v) is 2.47. The van der Waals surface area contributed by atoms with Crippen molar-refractivity contribution in [2.45, 2.75) is 13.3 Å². The maximum absolute atomic E-state index is 5.51. The summed E-state index contributed by atoms with van der Waals surface area (Å²) in [4.78, 5) is 0. The summed E-state index contributed by atoms with van der Waals surface area (Å²) in [5.41, 5.74) is 7.61. The molecule has 0 saturated heterocycles. The van der Waals surface area contributed by atoms with Crippen LogP contribution < -0.4 is 10.5 Å².